The van der Waals surface area contributed by atoms with E-state index in [2.05, 4.69) is 40.4 Å². The minimum atomic E-state index is -0.0426. The van der Waals surface area contributed by atoms with Crippen LogP contribution >= 0.6 is 0 Å². The van der Waals surface area contributed by atoms with Gasteiger partial charge in [-0.2, -0.15) is 0 Å². The van der Waals surface area contributed by atoms with Gasteiger partial charge in [-0.3, -0.25) is 4.79 Å². The summed E-state index contributed by atoms with van der Waals surface area (Å²) in [6.07, 6.45) is 2.84. The molecule has 5 heteroatoms. The number of hydrogen-bond donors (Lipinski definition) is 1. The third-order valence-electron chi connectivity index (χ3n) is 6.72. The molecule has 1 aliphatic heterocycles. The smallest absolute Gasteiger partial charge is 0.251 e. The Morgan fingerprint density at radius 1 is 0.909 bits per heavy atom. The van der Waals surface area contributed by atoms with Gasteiger partial charge in [0, 0.05) is 43.5 Å². The molecule has 0 radical (unpaired) electrons. The highest BCUT2D eigenvalue weighted by molar-refractivity contribution is 5.94. The Balaban J connectivity index is 1.27. The van der Waals surface area contributed by atoms with Crippen molar-refractivity contribution in [1.82, 2.24) is 10.2 Å². The molecule has 170 valence electrons. The third-order valence-corrected chi connectivity index (χ3v) is 6.72. The molecule has 5 rings (SSSR count). The topological polar surface area (TPSA) is 44.8 Å². The summed E-state index contributed by atoms with van der Waals surface area (Å²) in [5, 5.41) is 3.28. The van der Waals surface area contributed by atoms with Gasteiger partial charge in [0.2, 0.25) is 0 Å². The maximum absolute atomic E-state index is 13.1. The molecule has 1 amide bonds. The van der Waals surface area contributed by atoms with E-state index in [0.29, 0.717) is 11.3 Å². The molecule has 1 aliphatic carbocycles. The number of carbonyl (C=O) groups is 1. The molecule has 0 unspecified atom stereocenters. The molecule has 1 fully saturated rings. The minimum Gasteiger partial charge on any atom is -0.457 e. The van der Waals surface area contributed by atoms with Crippen molar-refractivity contribution < 1.29 is 9.53 Å². The lowest BCUT2D eigenvalue weighted by molar-refractivity contribution is 0.0933. The molecule has 0 spiro atoms. The summed E-state index contributed by atoms with van der Waals surface area (Å²) in [6, 6.07) is 23.9. The fraction of sp³-hybridized carbons (Fsp3) is 0.321. The predicted molar refractivity (Wildman–Crippen MR) is 132 cm³/mol. The van der Waals surface area contributed by atoms with Gasteiger partial charge in [0.15, 0.2) is 0 Å². The number of carbonyl (C=O) groups excluding carboxylic acids is 1. The lowest BCUT2D eigenvalue weighted by Crippen LogP contribution is -2.45. The number of para-hydroxylation sites is 1. The lowest BCUT2D eigenvalue weighted by Gasteiger charge is -2.37. The van der Waals surface area contributed by atoms with Crippen molar-refractivity contribution in [3.05, 3.63) is 89.5 Å². The minimum absolute atomic E-state index is 0.0426. The number of ether oxygens (including phenoxy) is 1. The van der Waals surface area contributed by atoms with Gasteiger partial charge >= 0.3 is 0 Å². The van der Waals surface area contributed by atoms with Gasteiger partial charge in [0.1, 0.15) is 11.5 Å². The Morgan fingerprint density at radius 3 is 2.48 bits per heavy atom. The summed E-state index contributed by atoms with van der Waals surface area (Å²) < 4.78 is 5.91. The van der Waals surface area contributed by atoms with Gasteiger partial charge in [0.25, 0.3) is 5.91 Å². The molecular formula is C28H31N3O2. The molecule has 1 heterocycles. The summed E-state index contributed by atoms with van der Waals surface area (Å²) in [7, 11) is 2.18. The Labute approximate surface area is 196 Å². The maximum Gasteiger partial charge on any atom is 0.251 e. The van der Waals surface area contributed by atoms with Gasteiger partial charge in [-0.25, -0.2) is 0 Å². The number of nitrogens with one attached hydrogen (secondary N) is 1. The van der Waals surface area contributed by atoms with Gasteiger partial charge in [0.05, 0.1) is 0 Å². The van der Waals surface area contributed by atoms with Crippen LogP contribution in [0.4, 0.5) is 5.69 Å². The van der Waals surface area contributed by atoms with Crippen molar-refractivity contribution in [2.75, 3.05) is 38.1 Å². The number of hydrogen-bond acceptors (Lipinski definition) is 4. The Hall–Kier alpha value is -3.31. The predicted octanol–water partition coefficient (Wildman–Crippen LogP) is 4.52. The number of aryl methyl sites for hydroxylation is 1. The normalized spacial score (nSPS) is 18.5. The summed E-state index contributed by atoms with van der Waals surface area (Å²) in [5.74, 6) is 1.38. The van der Waals surface area contributed by atoms with E-state index in [4.69, 9.17) is 4.74 Å². The zero-order valence-corrected chi connectivity index (χ0v) is 19.2. The van der Waals surface area contributed by atoms with Crippen LogP contribution in [0.15, 0.2) is 72.8 Å². The number of rotatable bonds is 5. The van der Waals surface area contributed by atoms with Crippen LogP contribution in [0.2, 0.25) is 0 Å². The van der Waals surface area contributed by atoms with Crippen LogP contribution in [0, 0.1) is 0 Å². The first kappa shape index (κ1) is 21.5. The lowest BCUT2D eigenvalue weighted by atomic mass is 9.86. The average molecular weight is 442 g/mol. The highest BCUT2D eigenvalue weighted by Gasteiger charge is 2.25. The highest BCUT2D eigenvalue weighted by atomic mass is 16.5. The van der Waals surface area contributed by atoms with E-state index in [1.807, 2.05) is 54.6 Å². The van der Waals surface area contributed by atoms with E-state index in [0.717, 1.165) is 51.2 Å². The van der Waals surface area contributed by atoms with Gasteiger partial charge in [-0.15, -0.1) is 0 Å². The fourth-order valence-corrected chi connectivity index (χ4v) is 4.83. The highest BCUT2D eigenvalue weighted by Crippen LogP contribution is 2.31. The van der Waals surface area contributed by atoms with E-state index in [9.17, 15) is 4.79 Å². The molecule has 5 nitrogen and oxygen atoms in total. The number of benzene rings is 3. The van der Waals surface area contributed by atoms with Crippen LogP contribution in [-0.2, 0) is 12.8 Å². The number of amides is 1. The Bertz CT molecular complexity index is 1110. The molecule has 0 aromatic heterocycles. The number of nitrogens with zero attached hydrogens (tertiary/aromatic N) is 2. The molecule has 0 bridgehead atoms. The van der Waals surface area contributed by atoms with Crippen molar-refractivity contribution in [3.63, 3.8) is 0 Å². The number of anilines is 1. The summed E-state index contributed by atoms with van der Waals surface area (Å²) in [4.78, 5) is 18.0. The zero-order valence-electron chi connectivity index (χ0n) is 19.2. The van der Waals surface area contributed by atoms with E-state index in [1.54, 1.807) is 0 Å². The second kappa shape index (κ2) is 9.67. The molecule has 1 saturated heterocycles. The van der Waals surface area contributed by atoms with E-state index in [1.165, 1.54) is 16.8 Å². The fourth-order valence-electron chi connectivity index (χ4n) is 4.83. The first-order chi connectivity index (χ1) is 16.2. The molecule has 2 aliphatic rings. The number of likely N-dealkylation sites (N-methyl/N-ethyl adjacent to an activating group) is 1. The SMILES string of the molecule is CN1CCN(c2cccc3c2C[C@H](NC(=O)c2cccc(Oc4ccccc4)c2)CC3)CC1. The molecule has 1 N–H and O–H groups in total. The summed E-state index contributed by atoms with van der Waals surface area (Å²) >= 11 is 0. The van der Waals surface area contributed by atoms with E-state index >= 15 is 0 Å². The van der Waals surface area contributed by atoms with Crippen molar-refractivity contribution >= 4 is 11.6 Å². The molecule has 3 aromatic carbocycles. The van der Waals surface area contributed by atoms with Crippen LogP contribution in [0.5, 0.6) is 11.5 Å². The van der Waals surface area contributed by atoms with Crippen LogP contribution in [0.25, 0.3) is 0 Å². The zero-order chi connectivity index (χ0) is 22.6. The second-order valence-corrected chi connectivity index (χ2v) is 9.06. The van der Waals surface area contributed by atoms with Crippen molar-refractivity contribution in [1.29, 1.82) is 0 Å². The summed E-state index contributed by atoms with van der Waals surface area (Å²) in [5.41, 5.74) is 4.80. The van der Waals surface area contributed by atoms with Gasteiger partial charge < -0.3 is 19.9 Å². The first-order valence-corrected chi connectivity index (χ1v) is 11.8. The molecule has 1 atom stereocenters. The van der Waals surface area contributed by atoms with Gasteiger partial charge in [-0.05, 0) is 73.8 Å². The van der Waals surface area contributed by atoms with Crippen molar-refractivity contribution in [3.8, 4) is 11.5 Å². The Morgan fingerprint density at radius 2 is 1.67 bits per heavy atom. The van der Waals surface area contributed by atoms with Crippen LogP contribution in [0.3, 0.4) is 0 Å². The standard InChI is InChI=1S/C28H31N3O2/c1-30-15-17-31(18-16-30)27-12-6-7-21-13-14-23(20-26(21)27)29-28(32)22-8-5-11-25(19-22)33-24-9-3-2-4-10-24/h2-12,19,23H,13-18,20H2,1H3,(H,29,32)/t23-/m1/s1. The average Bonchev–Trinajstić information content (AvgIpc) is 2.85. The number of fused-ring (bicyclic) bond motifs is 1. The first-order valence-electron chi connectivity index (χ1n) is 11.8. The maximum atomic E-state index is 13.1. The van der Waals surface area contributed by atoms with Crippen LogP contribution < -0.4 is 15.0 Å². The second-order valence-electron chi connectivity index (χ2n) is 9.06. The molecule has 3 aromatic rings. The van der Waals surface area contributed by atoms with Crippen LogP contribution in [-0.4, -0.2) is 50.1 Å². The number of piperazine rings is 1. The molecular weight excluding hydrogens is 410 g/mol. The van der Waals surface area contributed by atoms with Crippen LogP contribution in [0.1, 0.15) is 27.9 Å². The Kier molecular flexibility index (Phi) is 6.31. The summed E-state index contributed by atoms with van der Waals surface area (Å²) in [6.45, 7) is 4.28. The monoisotopic (exact) mass is 441 g/mol. The quantitative estimate of drug-likeness (QED) is 0.632. The van der Waals surface area contributed by atoms with Gasteiger partial charge in [-0.1, -0.05) is 36.4 Å². The third kappa shape index (κ3) is 5.04. The largest absolute Gasteiger partial charge is 0.457 e. The van der Waals surface area contributed by atoms with E-state index in [-0.39, 0.29) is 11.9 Å². The van der Waals surface area contributed by atoms with Crippen molar-refractivity contribution in [2.45, 2.75) is 25.3 Å². The van der Waals surface area contributed by atoms with Crippen molar-refractivity contribution in [2.24, 2.45) is 0 Å². The molecule has 0 saturated carbocycles. The van der Waals surface area contributed by atoms with E-state index < -0.39 is 0 Å². The molecule has 33 heavy (non-hydrogen) atoms.